The summed E-state index contributed by atoms with van der Waals surface area (Å²) in [6.45, 7) is 4.08. The molecule has 0 aliphatic rings. The van der Waals surface area contributed by atoms with Crippen molar-refractivity contribution in [1.82, 2.24) is 4.57 Å². The second-order valence-electron chi connectivity index (χ2n) is 3.00. The molecule has 0 bridgehead atoms. The van der Waals surface area contributed by atoms with Crippen LogP contribution in [0.5, 0.6) is 0 Å². The second-order valence-corrected chi connectivity index (χ2v) is 3.00. The molecule has 1 aromatic heterocycles. The van der Waals surface area contributed by atoms with Crippen molar-refractivity contribution in [3.63, 3.8) is 0 Å². The van der Waals surface area contributed by atoms with E-state index < -0.39 is 0 Å². The van der Waals surface area contributed by atoms with Gasteiger partial charge in [0, 0.05) is 12.4 Å². The Morgan fingerprint density at radius 2 is 1.82 bits per heavy atom. The summed E-state index contributed by atoms with van der Waals surface area (Å²) in [6.07, 6.45) is 4.82. The SMILES string of the molecule is CC(C)[C@@H](C=O)n1cccc1. The number of carbonyl (C=O) groups excluding carboxylic acids is 1. The lowest BCUT2D eigenvalue weighted by Crippen LogP contribution is -2.14. The van der Waals surface area contributed by atoms with Crippen LogP contribution >= 0.6 is 0 Å². The van der Waals surface area contributed by atoms with Gasteiger partial charge in [0.05, 0.1) is 6.04 Å². The van der Waals surface area contributed by atoms with E-state index in [2.05, 4.69) is 0 Å². The van der Waals surface area contributed by atoms with Crippen LogP contribution in [-0.2, 0) is 4.79 Å². The highest BCUT2D eigenvalue weighted by Gasteiger charge is 2.11. The van der Waals surface area contributed by atoms with Gasteiger partial charge in [0.25, 0.3) is 0 Å². The molecular weight excluding hydrogens is 138 g/mol. The molecule has 1 atom stereocenters. The molecule has 1 heterocycles. The van der Waals surface area contributed by atoms with Gasteiger partial charge in [-0.05, 0) is 18.1 Å². The van der Waals surface area contributed by atoms with Gasteiger partial charge in [0.1, 0.15) is 6.29 Å². The minimum Gasteiger partial charge on any atom is -0.344 e. The number of hydrogen-bond donors (Lipinski definition) is 0. The second kappa shape index (κ2) is 3.37. The molecule has 0 unspecified atom stereocenters. The van der Waals surface area contributed by atoms with Gasteiger partial charge in [-0.1, -0.05) is 13.8 Å². The van der Waals surface area contributed by atoms with Crippen LogP contribution in [0.3, 0.4) is 0 Å². The average molecular weight is 151 g/mol. The maximum Gasteiger partial charge on any atom is 0.143 e. The Balaban J connectivity index is 2.79. The van der Waals surface area contributed by atoms with Crippen molar-refractivity contribution in [1.29, 1.82) is 0 Å². The monoisotopic (exact) mass is 151 g/mol. The van der Waals surface area contributed by atoms with Crippen LogP contribution in [0.1, 0.15) is 19.9 Å². The molecule has 0 aromatic carbocycles. The fraction of sp³-hybridized carbons (Fsp3) is 0.444. The summed E-state index contributed by atoms with van der Waals surface area (Å²) in [7, 11) is 0. The van der Waals surface area contributed by atoms with Crippen LogP contribution in [0.15, 0.2) is 24.5 Å². The molecule has 0 amide bonds. The summed E-state index contributed by atoms with van der Waals surface area (Å²) < 4.78 is 1.93. The van der Waals surface area contributed by atoms with E-state index >= 15 is 0 Å². The van der Waals surface area contributed by atoms with Crippen LogP contribution in [0.25, 0.3) is 0 Å². The maximum atomic E-state index is 10.6. The van der Waals surface area contributed by atoms with Crippen molar-refractivity contribution in [2.24, 2.45) is 5.92 Å². The third kappa shape index (κ3) is 1.70. The van der Waals surface area contributed by atoms with Gasteiger partial charge >= 0.3 is 0 Å². The molecular formula is C9H13NO. The van der Waals surface area contributed by atoms with E-state index in [0.29, 0.717) is 5.92 Å². The Kier molecular flexibility index (Phi) is 2.47. The first-order valence-electron chi connectivity index (χ1n) is 3.83. The molecule has 0 aliphatic heterocycles. The molecule has 0 radical (unpaired) electrons. The first kappa shape index (κ1) is 8.05. The highest BCUT2D eigenvalue weighted by molar-refractivity contribution is 5.56. The van der Waals surface area contributed by atoms with Crippen LogP contribution in [0.2, 0.25) is 0 Å². The van der Waals surface area contributed by atoms with E-state index in [9.17, 15) is 4.79 Å². The van der Waals surface area contributed by atoms with Gasteiger partial charge in [-0.25, -0.2) is 0 Å². The van der Waals surface area contributed by atoms with Gasteiger partial charge in [0.2, 0.25) is 0 Å². The van der Waals surface area contributed by atoms with Crippen LogP contribution in [0.4, 0.5) is 0 Å². The Labute approximate surface area is 66.8 Å². The van der Waals surface area contributed by atoms with Crippen LogP contribution in [0, 0.1) is 5.92 Å². The highest BCUT2D eigenvalue weighted by Crippen LogP contribution is 2.14. The molecule has 0 saturated heterocycles. The molecule has 0 spiro atoms. The van der Waals surface area contributed by atoms with Crippen molar-refractivity contribution in [2.75, 3.05) is 0 Å². The van der Waals surface area contributed by atoms with Gasteiger partial charge in [-0.15, -0.1) is 0 Å². The van der Waals surface area contributed by atoms with Crippen molar-refractivity contribution in [3.05, 3.63) is 24.5 Å². The Morgan fingerprint density at radius 3 is 2.18 bits per heavy atom. The largest absolute Gasteiger partial charge is 0.344 e. The molecule has 0 aliphatic carbocycles. The lowest BCUT2D eigenvalue weighted by Gasteiger charge is -2.15. The number of aldehydes is 1. The van der Waals surface area contributed by atoms with Crippen molar-refractivity contribution in [2.45, 2.75) is 19.9 Å². The zero-order chi connectivity index (χ0) is 8.27. The lowest BCUT2D eigenvalue weighted by atomic mass is 10.1. The molecule has 1 aromatic rings. The molecule has 0 saturated carbocycles. The van der Waals surface area contributed by atoms with E-state index in [-0.39, 0.29) is 6.04 Å². The molecule has 11 heavy (non-hydrogen) atoms. The molecule has 2 heteroatoms. The average Bonchev–Trinajstić information content (AvgIpc) is 2.40. The first-order valence-corrected chi connectivity index (χ1v) is 3.83. The summed E-state index contributed by atoms with van der Waals surface area (Å²) >= 11 is 0. The van der Waals surface area contributed by atoms with Crippen LogP contribution < -0.4 is 0 Å². The van der Waals surface area contributed by atoms with E-state index in [0.717, 1.165) is 6.29 Å². The molecule has 0 N–H and O–H groups in total. The fourth-order valence-corrected chi connectivity index (χ4v) is 1.12. The first-order chi connectivity index (χ1) is 5.25. The van der Waals surface area contributed by atoms with Gasteiger partial charge in [0.15, 0.2) is 0 Å². The number of hydrogen-bond acceptors (Lipinski definition) is 1. The third-order valence-electron chi connectivity index (χ3n) is 1.79. The van der Waals surface area contributed by atoms with Crippen molar-refractivity contribution < 1.29 is 4.79 Å². The Morgan fingerprint density at radius 1 is 1.27 bits per heavy atom. The third-order valence-corrected chi connectivity index (χ3v) is 1.79. The van der Waals surface area contributed by atoms with Crippen molar-refractivity contribution >= 4 is 6.29 Å². The molecule has 0 fully saturated rings. The van der Waals surface area contributed by atoms with Gasteiger partial charge in [-0.3, -0.25) is 0 Å². The predicted octanol–water partition coefficient (Wildman–Crippen LogP) is 1.88. The summed E-state index contributed by atoms with van der Waals surface area (Å²) in [4.78, 5) is 10.6. The lowest BCUT2D eigenvalue weighted by molar-refractivity contribution is -0.111. The number of rotatable bonds is 3. The van der Waals surface area contributed by atoms with Gasteiger partial charge < -0.3 is 9.36 Å². The van der Waals surface area contributed by atoms with E-state index in [1.807, 2.05) is 42.9 Å². The van der Waals surface area contributed by atoms with E-state index in [4.69, 9.17) is 0 Å². The maximum absolute atomic E-state index is 10.6. The van der Waals surface area contributed by atoms with E-state index in [1.165, 1.54) is 0 Å². The minimum absolute atomic E-state index is 0.00926. The zero-order valence-electron chi connectivity index (χ0n) is 6.90. The highest BCUT2D eigenvalue weighted by atomic mass is 16.1. The summed E-state index contributed by atoms with van der Waals surface area (Å²) in [5.74, 6) is 0.361. The topological polar surface area (TPSA) is 22.0 Å². The van der Waals surface area contributed by atoms with Crippen molar-refractivity contribution in [3.8, 4) is 0 Å². The Hall–Kier alpha value is -1.05. The summed E-state index contributed by atoms with van der Waals surface area (Å²) in [5.41, 5.74) is 0. The summed E-state index contributed by atoms with van der Waals surface area (Å²) in [5, 5.41) is 0. The number of nitrogens with zero attached hydrogens (tertiary/aromatic N) is 1. The Bertz CT molecular complexity index is 213. The predicted molar refractivity (Wildman–Crippen MR) is 44.4 cm³/mol. The normalized spacial score (nSPS) is 13.4. The minimum atomic E-state index is -0.00926. The molecule has 1 rings (SSSR count). The molecule has 60 valence electrons. The fourth-order valence-electron chi connectivity index (χ4n) is 1.12. The smallest absolute Gasteiger partial charge is 0.143 e. The summed E-state index contributed by atoms with van der Waals surface area (Å²) in [6, 6.07) is 3.85. The standard InChI is InChI=1S/C9H13NO/c1-8(2)9(7-11)10-5-3-4-6-10/h3-9H,1-2H3/t9-/m1/s1. The van der Waals surface area contributed by atoms with E-state index in [1.54, 1.807) is 0 Å². The zero-order valence-corrected chi connectivity index (χ0v) is 6.90. The molecule has 2 nitrogen and oxygen atoms in total. The van der Waals surface area contributed by atoms with Gasteiger partial charge in [-0.2, -0.15) is 0 Å². The number of carbonyl (C=O) groups is 1. The quantitative estimate of drug-likeness (QED) is 0.604. The number of aromatic nitrogens is 1. The van der Waals surface area contributed by atoms with Crippen LogP contribution in [-0.4, -0.2) is 10.9 Å².